The van der Waals surface area contributed by atoms with Gasteiger partial charge in [-0.2, -0.15) is 0 Å². The van der Waals surface area contributed by atoms with E-state index in [1.165, 1.54) is 54.2 Å². The molecule has 1 aromatic heterocycles. The molecule has 0 amide bonds. The van der Waals surface area contributed by atoms with E-state index >= 15 is 0 Å². The van der Waals surface area contributed by atoms with E-state index in [1.807, 2.05) is 0 Å². The van der Waals surface area contributed by atoms with Crippen LogP contribution in [0, 0.1) is 0 Å². The number of anilines is 3. The molecule has 0 bridgehead atoms. The van der Waals surface area contributed by atoms with Crippen LogP contribution in [0.4, 0.5) is 17.1 Å². The first-order chi connectivity index (χ1) is 32.7. The predicted molar refractivity (Wildman–Crippen MR) is 280 cm³/mol. The van der Waals surface area contributed by atoms with Crippen LogP contribution in [-0.2, 0) is 0 Å². The third kappa shape index (κ3) is 6.18. The number of hydrogen-bond donors (Lipinski definition) is 0. The second kappa shape index (κ2) is 15.5. The van der Waals surface area contributed by atoms with Gasteiger partial charge in [-0.05, 0) is 125 Å². The van der Waals surface area contributed by atoms with Crippen molar-refractivity contribution in [2.75, 3.05) is 4.90 Å². The quantitative estimate of drug-likeness (QED) is 0.149. The summed E-state index contributed by atoms with van der Waals surface area (Å²) < 4.78 is 6.98. The molecule has 0 radical (unpaired) electrons. The lowest BCUT2D eigenvalue weighted by Gasteiger charge is -2.29. The molecular weight excluding hydrogens is 799 g/mol. The van der Waals surface area contributed by atoms with Crippen molar-refractivity contribution in [3.05, 3.63) is 249 Å². The Labute approximate surface area is 382 Å². The van der Waals surface area contributed by atoms with Crippen LogP contribution in [0.3, 0.4) is 0 Å². The van der Waals surface area contributed by atoms with Crippen LogP contribution >= 0.6 is 0 Å². The van der Waals surface area contributed by atoms with Crippen molar-refractivity contribution < 1.29 is 4.42 Å². The number of fused-ring (bicyclic) bond motifs is 10. The predicted octanol–water partition coefficient (Wildman–Crippen LogP) is 18.3. The van der Waals surface area contributed by atoms with Gasteiger partial charge in [0.05, 0.1) is 16.8 Å². The number of furan rings is 1. The standard InChI is InChI=1S/C64H41NO/c1-2-18-43(19-3-1)49-23-6-7-24-51(49)57-29-12-14-31-60(57)65(61-38-37-50(47-34-33-42-17-4-5-20-44(42)39-47)64-63(61)58-30-13-15-32-62(58)66-64)48-22-16-21-45(40-48)46-35-36-56-54-27-9-8-25-52(54)53-26-10-11-28-55(53)59(56)41-46/h1-41H. The molecule has 66 heavy (non-hydrogen) atoms. The number of para-hydroxylation sites is 2. The maximum absolute atomic E-state index is 6.98. The normalized spacial score (nSPS) is 11.6. The first-order valence-corrected chi connectivity index (χ1v) is 22.7. The van der Waals surface area contributed by atoms with E-state index in [0.29, 0.717) is 0 Å². The van der Waals surface area contributed by atoms with E-state index < -0.39 is 0 Å². The Hall–Kier alpha value is -8.72. The summed E-state index contributed by atoms with van der Waals surface area (Å²) in [5.74, 6) is 0. The van der Waals surface area contributed by atoms with E-state index in [4.69, 9.17) is 4.42 Å². The van der Waals surface area contributed by atoms with Crippen molar-refractivity contribution in [2.45, 2.75) is 0 Å². The molecule has 13 rings (SSSR count). The summed E-state index contributed by atoms with van der Waals surface area (Å²) in [6.45, 7) is 0. The maximum Gasteiger partial charge on any atom is 0.145 e. The molecule has 0 spiro atoms. The molecule has 0 saturated heterocycles. The van der Waals surface area contributed by atoms with Crippen molar-refractivity contribution in [3.8, 4) is 44.5 Å². The Morgan fingerprint density at radius 1 is 0.273 bits per heavy atom. The van der Waals surface area contributed by atoms with Crippen LogP contribution in [-0.4, -0.2) is 0 Å². The number of rotatable bonds is 7. The van der Waals surface area contributed by atoms with Gasteiger partial charge in [-0.3, -0.25) is 0 Å². The highest BCUT2D eigenvalue weighted by atomic mass is 16.3. The average Bonchev–Trinajstić information content (AvgIpc) is 3.79. The zero-order valence-electron chi connectivity index (χ0n) is 36.0. The van der Waals surface area contributed by atoms with Gasteiger partial charge in [0.25, 0.3) is 0 Å². The van der Waals surface area contributed by atoms with Gasteiger partial charge < -0.3 is 9.32 Å². The van der Waals surface area contributed by atoms with E-state index in [9.17, 15) is 0 Å². The summed E-state index contributed by atoms with van der Waals surface area (Å²) >= 11 is 0. The van der Waals surface area contributed by atoms with E-state index in [2.05, 4.69) is 254 Å². The van der Waals surface area contributed by atoms with Gasteiger partial charge in [0, 0.05) is 22.2 Å². The molecule has 0 aliphatic carbocycles. The minimum absolute atomic E-state index is 0.856. The SMILES string of the molecule is c1ccc(-c2ccccc2-c2ccccc2N(c2cccc(-c3ccc4c5ccccc5c5ccccc5c4c3)c2)c2ccc(-c3ccc4ccccc4c3)c3oc4ccccc4c23)cc1. The number of nitrogens with zero attached hydrogens (tertiary/aromatic N) is 1. The molecule has 12 aromatic carbocycles. The van der Waals surface area contributed by atoms with Crippen LogP contribution in [0.2, 0.25) is 0 Å². The van der Waals surface area contributed by atoms with Crippen molar-refractivity contribution in [2.24, 2.45) is 0 Å². The summed E-state index contributed by atoms with van der Waals surface area (Å²) in [7, 11) is 0. The average molecular weight is 840 g/mol. The van der Waals surface area contributed by atoms with Crippen LogP contribution in [0.1, 0.15) is 0 Å². The molecule has 0 fully saturated rings. The Morgan fingerprint density at radius 2 is 0.848 bits per heavy atom. The zero-order chi connectivity index (χ0) is 43.6. The van der Waals surface area contributed by atoms with Gasteiger partial charge in [0.15, 0.2) is 0 Å². The Balaban J connectivity index is 1.07. The topological polar surface area (TPSA) is 16.4 Å². The Kier molecular flexibility index (Phi) is 8.89. The lowest BCUT2D eigenvalue weighted by Crippen LogP contribution is -2.12. The van der Waals surface area contributed by atoms with Gasteiger partial charge in [0.1, 0.15) is 11.2 Å². The molecule has 0 aliphatic heterocycles. The summed E-state index contributed by atoms with van der Waals surface area (Å²) in [5.41, 5.74) is 14.0. The van der Waals surface area contributed by atoms with E-state index in [-0.39, 0.29) is 0 Å². The highest BCUT2D eigenvalue weighted by Crippen LogP contribution is 2.50. The van der Waals surface area contributed by atoms with Crippen molar-refractivity contribution in [1.82, 2.24) is 0 Å². The Morgan fingerprint density at radius 3 is 1.64 bits per heavy atom. The fourth-order valence-corrected chi connectivity index (χ4v) is 10.4. The number of benzene rings is 12. The van der Waals surface area contributed by atoms with Crippen molar-refractivity contribution in [1.29, 1.82) is 0 Å². The second-order valence-electron chi connectivity index (χ2n) is 17.2. The van der Waals surface area contributed by atoms with Crippen LogP contribution < -0.4 is 4.90 Å². The lowest BCUT2D eigenvalue weighted by molar-refractivity contribution is 0.670. The summed E-state index contributed by atoms with van der Waals surface area (Å²) in [4.78, 5) is 2.46. The molecule has 0 atom stereocenters. The summed E-state index contributed by atoms with van der Waals surface area (Å²) in [6, 6.07) is 90.2. The lowest BCUT2D eigenvalue weighted by atomic mass is 9.91. The molecule has 1 heterocycles. The monoisotopic (exact) mass is 839 g/mol. The second-order valence-corrected chi connectivity index (χ2v) is 17.2. The summed E-state index contributed by atoms with van der Waals surface area (Å²) in [5, 5.41) is 12.1. The van der Waals surface area contributed by atoms with Gasteiger partial charge in [-0.1, -0.05) is 200 Å². The van der Waals surface area contributed by atoms with Crippen LogP contribution in [0.15, 0.2) is 253 Å². The highest BCUT2D eigenvalue weighted by molar-refractivity contribution is 6.26. The highest BCUT2D eigenvalue weighted by Gasteiger charge is 2.25. The molecule has 308 valence electrons. The van der Waals surface area contributed by atoms with Gasteiger partial charge in [0.2, 0.25) is 0 Å². The summed E-state index contributed by atoms with van der Waals surface area (Å²) in [6.07, 6.45) is 0. The number of hydrogen-bond acceptors (Lipinski definition) is 2. The molecular formula is C64H41NO. The van der Waals surface area contributed by atoms with Gasteiger partial charge in [-0.15, -0.1) is 0 Å². The molecule has 13 aromatic rings. The zero-order valence-corrected chi connectivity index (χ0v) is 36.0. The molecule has 0 unspecified atom stereocenters. The first kappa shape index (κ1) is 37.8. The fraction of sp³-hybridized carbons (Fsp3) is 0. The van der Waals surface area contributed by atoms with Gasteiger partial charge >= 0.3 is 0 Å². The molecule has 0 aliphatic rings. The van der Waals surface area contributed by atoms with E-state index in [1.54, 1.807) is 0 Å². The maximum atomic E-state index is 6.98. The first-order valence-electron chi connectivity index (χ1n) is 22.7. The van der Waals surface area contributed by atoms with Crippen LogP contribution in [0.5, 0.6) is 0 Å². The van der Waals surface area contributed by atoms with Gasteiger partial charge in [-0.25, -0.2) is 0 Å². The minimum Gasteiger partial charge on any atom is -0.455 e. The third-order valence-electron chi connectivity index (χ3n) is 13.4. The van der Waals surface area contributed by atoms with Crippen LogP contribution in [0.25, 0.3) is 110 Å². The minimum atomic E-state index is 0.856. The van der Waals surface area contributed by atoms with E-state index in [0.717, 1.165) is 72.4 Å². The fourth-order valence-electron chi connectivity index (χ4n) is 10.4. The third-order valence-corrected chi connectivity index (χ3v) is 13.4. The molecule has 2 heteroatoms. The Bertz CT molecular complexity index is 3980. The largest absolute Gasteiger partial charge is 0.455 e. The van der Waals surface area contributed by atoms with Crippen molar-refractivity contribution in [3.63, 3.8) is 0 Å². The molecule has 0 saturated carbocycles. The van der Waals surface area contributed by atoms with Crippen molar-refractivity contribution >= 4 is 82.1 Å². The molecule has 2 nitrogen and oxygen atoms in total. The molecule has 0 N–H and O–H groups in total. The smallest absolute Gasteiger partial charge is 0.145 e.